The van der Waals surface area contributed by atoms with Gasteiger partial charge in [-0.15, -0.1) is 0 Å². The number of nitrogens with one attached hydrogen (secondary N) is 2. The number of anilines is 2. The molecular formula is C24H32N4O3. The third-order valence-electron chi connectivity index (χ3n) is 5.84. The van der Waals surface area contributed by atoms with E-state index in [1.165, 1.54) is 0 Å². The van der Waals surface area contributed by atoms with E-state index in [-0.39, 0.29) is 24.5 Å². The highest BCUT2D eigenvalue weighted by Crippen LogP contribution is 2.29. The zero-order valence-electron chi connectivity index (χ0n) is 18.5. The Hall–Kier alpha value is -3.06. The molecular weight excluding hydrogens is 392 g/mol. The van der Waals surface area contributed by atoms with Gasteiger partial charge in [-0.05, 0) is 68.5 Å². The largest absolute Gasteiger partial charge is 0.483 e. The van der Waals surface area contributed by atoms with Crippen LogP contribution < -0.4 is 21.1 Å². The van der Waals surface area contributed by atoms with Crippen LogP contribution in [0.5, 0.6) is 5.75 Å². The third-order valence-corrected chi connectivity index (χ3v) is 5.84. The van der Waals surface area contributed by atoms with Crippen LogP contribution in [-0.2, 0) is 9.59 Å². The quantitative estimate of drug-likeness (QED) is 0.594. The molecule has 0 aliphatic carbocycles. The molecule has 0 unspecified atom stereocenters. The summed E-state index contributed by atoms with van der Waals surface area (Å²) in [7, 11) is 0. The van der Waals surface area contributed by atoms with E-state index in [1.54, 1.807) is 0 Å². The van der Waals surface area contributed by atoms with Gasteiger partial charge in [-0.3, -0.25) is 14.5 Å². The van der Waals surface area contributed by atoms with E-state index in [1.807, 2.05) is 57.2 Å². The number of piperidine rings is 1. The van der Waals surface area contributed by atoms with Gasteiger partial charge in [-0.25, -0.2) is 0 Å². The fourth-order valence-corrected chi connectivity index (χ4v) is 3.79. The lowest BCUT2D eigenvalue weighted by Crippen LogP contribution is -2.47. The number of nitrogens with two attached hydrogens (primary N) is 1. The first kappa shape index (κ1) is 22.6. The van der Waals surface area contributed by atoms with Gasteiger partial charge in [-0.2, -0.15) is 0 Å². The molecule has 31 heavy (non-hydrogen) atoms. The average molecular weight is 425 g/mol. The van der Waals surface area contributed by atoms with Gasteiger partial charge in [0.05, 0.1) is 6.54 Å². The Morgan fingerprint density at radius 2 is 1.74 bits per heavy atom. The molecule has 2 amide bonds. The van der Waals surface area contributed by atoms with Gasteiger partial charge in [0.25, 0.3) is 5.91 Å². The molecule has 4 N–H and O–H groups in total. The molecule has 1 fully saturated rings. The molecule has 0 saturated carbocycles. The van der Waals surface area contributed by atoms with Crippen molar-refractivity contribution < 1.29 is 14.3 Å². The zero-order valence-corrected chi connectivity index (χ0v) is 18.5. The summed E-state index contributed by atoms with van der Waals surface area (Å²) in [6, 6.07) is 11.4. The number of likely N-dealkylation sites (tertiary alicyclic amines) is 1. The van der Waals surface area contributed by atoms with E-state index in [0.29, 0.717) is 12.3 Å². The molecule has 0 atom stereocenters. The van der Waals surface area contributed by atoms with Gasteiger partial charge >= 0.3 is 0 Å². The number of amides is 2. The fraction of sp³-hybridized carbons (Fsp3) is 0.417. The minimum atomic E-state index is -0.133. The van der Waals surface area contributed by atoms with Gasteiger partial charge in [0.1, 0.15) is 5.75 Å². The van der Waals surface area contributed by atoms with E-state index >= 15 is 0 Å². The predicted octanol–water partition coefficient (Wildman–Crippen LogP) is 2.79. The molecule has 3 rings (SSSR count). The van der Waals surface area contributed by atoms with Crippen molar-refractivity contribution in [2.45, 2.75) is 39.7 Å². The summed E-state index contributed by atoms with van der Waals surface area (Å²) in [5.41, 5.74) is 10.5. The number of rotatable bonds is 7. The molecule has 2 aromatic carbocycles. The topological polar surface area (TPSA) is 96.7 Å². The van der Waals surface area contributed by atoms with Gasteiger partial charge in [0.15, 0.2) is 6.61 Å². The number of carbonyl (C=O) groups excluding carboxylic acids is 2. The van der Waals surface area contributed by atoms with Crippen molar-refractivity contribution in [3.8, 4) is 5.75 Å². The van der Waals surface area contributed by atoms with Crippen molar-refractivity contribution in [2.24, 2.45) is 0 Å². The molecule has 1 aliphatic rings. The standard InChI is InChI=1S/C24H32N4O3/c1-16-13-21(17(2)18(3)24(16)25)31-15-23(30)27-20-9-11-28(12-10-20)14-22(29)26-19-7-5-4-6-8-19/h4-8,13,20H,9-12,14-15,25H2,1-3H3,(H,26,29)(H,27,30). The molecule has 1 aliphatic heterocycles. The van der Waals surface area contributed by atoms with Crippen molar-refractivity contribution >= 4 is 23.2 Å². The molecule has 1 saturated heterocycles. The second kappa shape index (κ2) is 10.3. The van der Waals surface area contributed by atoms with Crippen molar-refractivity contribution in [3.05, 3.63) is 53.1 Å². The van der Waals surface area contributed by atoms with E-state index in [4.69, 9.17) is 10.5 Å². The second-order valence-corrected chi connectivity index (χ2v) is 8.18. The Balaban J connectivity index is 1.40. The molecule has 7 heteroatoms. The third kappa shape index (κ3) is 6.21. The Morgan fingerprint density at radius 3 is 2.42 bits per heavy atom. The van der Waals surface area contributed by atoms with Crippen LogP contribution in [0.3, 0.4) is 0 Å². The van der Waals surface area contributed by atoms with E-state index in [0.717, 1.165) is 54.0 Å². The number of benzene rings is 2. The molecule has 166 valence electrons. The van der Waals surface area contributed by atoms with Crippen LogP contribution in [0.4, 0.5) is 11.4 Å². The van der Waals surface area contributed by atoms with Crippen molar-refractivity contribution in [1.29, 1.82) is 0 Å². The lowest BCUT2D eigenvalue weighted by Gasteiger charge is -2.31. The first-order valence-corrected chi connectivity index (χ1v) is 10.7. The Kier molecular flexibility index (Phi) is 7.52. The maximum Gasteiger partial charge on any atom is 0.258 e. The van der Waals surface area contributed by atoms with Gasteiger partial charge < -0.3 is 21.1 Å². The normalized spacial score (nSPS) is 14.8. The highest BCUT2D eigenvalue weighted by Gasteiger charge is 2.22. The number of hydrogen-bond acceptors (Lipinski definition) is 5. The number of nitrogens with zero attached hydrogens (tertiary/aromatic N) is 1. The zero-order chi connectivity index (χ0) is 22.4. The molecule has 7 nitrogen and oxygen atoms in total. The van der Waals surface area contributed by atoms with Crippen LogP contribution in [0.25, 0.3) is 0 Å². The molecule has 0 spiro atoms. The predicted molar refractivity (Wildman–Crippen MR) is 123 cm³/mol. The molecule has 0 radical (unpaired) electrons. The Morgan fingerprint density at radius 1 is 1.06 bits per heavy atom. The number of hydrogen-bond donors (Lipinski definition) is 3. The number of ether oxygens (including phenoxy) is 1. The molecule has 2 aromatic rings. The number of aryl methyl sites for hydroxylation is 1. The molecule has 1 heterocycles. The maximum absolute atomic E-state index is 12.4. The van der Waals surface area contributed by atoms with Gasteiger partial charge in [0, 0.05) is 30.5 Å². The van der Waals surface area contributed by atoms with Crippen LogP contribution >= 0.6 is 0 Å². The van der Waals surface area contributed by atoms with Crippen LogP contribution in [0.15, 0.2) is 36.4 Å². The minimum absolute atomic E-state index is 0.0217. The molecule has 0 bridgehead atoms. The summed E-state index contributed by atoms with van der Waals surface area (Å²) in [6.07, 6.45) is 1.62. The highest BCUT2D eigenvalue weighted by molar-refractivity contribution is 5.92. The second-order valence-electron chi connectivity index (χ2n) is 8.18. The monoisotopic (exact) mass is 424 g/mol. The molecule has 0 aromatic heterocycles. The van der Waals surface area contributed by atoms with Crippen molar-refractivity contribution in [3.63, 3.8) is 0 Å². The van der Waals surface area contributed by atoms with Crippen molar-refractivity contribution in [2.75, 3.05) is 37.3 Å². The number of para-hydroxylation sites is 1. The van der Waals surface area contributed by atoms with Crippen LogP contribution in [-0.4, -0.2) is 49.0 Å². The van der Waals surface area contributed by atoms with Crippen LogP contribution in [0.2, 0.25) is 0 Å². The smallest absolute Gasteiger partial charge is 0.258 e. The lowest BCUT2D eigenvalue weighted by atomic mass is 10.0. The van der Waals surface area contributed by atoms with Gasteiger partial charge in [-0.1, -0.05) is 18.2 Å². The summed E-state index contributed by atoms with van der Waals surface area (Å²) >= 11 is 0. The van der Waals surface area contributed by atoms with E-state index in [2.05, 4.69) is 15.5 Å². The Bertz CT molecular complexity index is 922. The average Bonchev–Trinajstić information content (AvgIpc) is 2.76. The summed E-state index contributed by atoms with van der Waals surface area (Å²) < 4.78 is 5.76. The first-order valence-electron chi connectivity index (χ1n) is 10.7. The van der Waals surface area contributed by atoms with E-state index in [9.17, 15) is 9.59 Å². The SMILES string of the molecule is Cc1cc(OCC(=O)NC2CCN(CC(=O)Nc3ccccc3)CC2)c(C)c(C)c1N. The van der Waals surface area contributed by atoms with E-state index < -0.39 is 0 Å². The minimum Gasteiger partial charge on any atom is -0.483 e. The summed E-state index contributed by atoms with van der Waals surface area (Å²) in [6.45, 7) is 7.70. The first-order chi connectivity index (χ1) is 14.8. The summed E-state index contributed by atoms with van der Waals surface area (Å²) in [4.78, 5) is 26.7. The number of nitrogen functional groups attached to an aromatic ring is 1. The fourth-order valence-electron chi connectivity index (χ4n) is 3.79. The van der Waals surface area contributed by atoms with Crippen LogP contribution in [0.1, 0.15) is 29.5 Å². The van der Waals surface area contributed by atoms with Crippen LogP contribution in [0, 0.1) is 20.8 Å². The lowest BCUT2D eigenvalue weighted by molar-refractivity contribution is -0.124. The van der Waals surface area contributed by atoms with Gasteiger partial charge in [0.2, 0.25) is 5.91 Å². The summed E-state index contributed by atoms with van der Waals surface area (Å²) in [5.74, 6) is 0.539. The van der Waals surface area contributed by atoms with Crippen molar-refractivity contribution in [1.82, 2.24) is 10.2 Å². The Labute approximate surface area is 183 Å². The summed E-state index contributed by atoms with van der Waals surface area (Å²) in [5, 5.41) is 5.95. The number of carbonyl (C=O) groups is 2. The highest BCUT2D eigenvalue weighted by atomic mass is 16.5. The maximum atomic E-state index is 12.4.